The van der Waals surface area contributed by atoms with Crippen LogP contribution in [0.2, 0.25) is 5.02 Å². The number of hydrogen-bond acceptors (Lipinski definition) is 2. The maximum Gasteiger partial charge on any atom is 0.243 e. The van der Waals surface area contributed by atoms with E-state index < -0.39 is 0 Å². The quantitative estimate of drug-likeness (QED) is 0.823. The number of rotatable bonds is 6. The van der Waals surface area contributed by atoms with Crippen LogP contribution in [0.1, 0.15) is 25.0 Å². The van der Waals surface area contributed by atoms with Crippen molar-refractivity contribution < 1.29 is 4.79 Å². The van der Waals surface area contributed by atoms with Crippen molar-refractivity contribution in [2.24, 2.45) is 0 Å². The summed E-state index contributed by atoms with van der Waals surface area (Å²) in [5.74, 6) is -0.0736. The summed E-state index contributed by atoms with van der Waals surface area (Å²) in [6.07, 6.45) is 1.78. The Morgan fingerprint density at radius 3 is 2.23 bits per heavy atom. The molecular formula is C18H21ClN2O. The van der Waals surface area contributed by atoms with Gasteiger partial charge in [-0.25, -0.2) is 0 Å². The zero-order valence-corrected chi connectivity index (χ0v) is 13.7. The van der Waals surface area contributed by atoms with E-state index in [1.807, 2.05) is 24.3 Å². The van der Waals surface area contributed by atoms with Crippen LogP contribution >= 0.6 is 11.6 Å². The normalized spacial score (nSPS) is 10.3. The number of carbonyl (C=O) groups is 1. The Hall–Kier alpha value is -2.00. The van der Waals surface area contributed by atoms with Crippen LogP contribution < -0.4 is 10.6 Å². The van der Waals surface area contributed by atoms with Crippen LogP contribution in [-0.2, 0) is 17.6 Å². The van der Waals surface area contributed by atoms with Crippen LogP contribution in [0.5, 0.6) is 0 Å². The van der Waals surface area contributed by atoms with Crippen LogP contribution in [0.25, 0.3) is 0 Å². The van der Waals surface area contributed by atoms with E-state index in [2.05, 4.69) is 36.6 Å². The Morgan fingerprint density at radius 1 is 1.00 bits per heavy atom. The lowest BCUT2D eigenvalue weighted by atomic mass is 10.0. The fourth-order valence-corrected chi connectivity index (χ4v) is 2.57. The van der Waals surface area contributed by atoms with E-state index in [1.54, 1.807) is 6.07 Å². The molecule has 0 heterocycles. The minimum atomic E-state index is -0.0736. The molecule has 0 saturated carbocycles. The first kappa shape index (κ1) is 16.4. The Balaban J connectivity index is 2.05. The number of carbonyl (C=O) groups excluding carboxylic acids is 1. The molecular weight excluding hydrogens is 296 g/mol. The number of halogens is 1. The van der Waals surface area contributed by atoms with Gasteiger partial charge in [-0.15, -0.1) is 0 Å². The maximum absolute atomic E-state index is 12.2. The second-order valence-electron chi connectivity index (χ2n) is 5.04. The number of amides is 1. The number of hydrogen-bond donors (Lipinski definition) is 2. The van der Waals surface area contributed by atoms with Gasteiger partial charge in [-0.05, 0) is 36.1 Å². The SMILES string of the molecule is CCc1cccc(CC)c1NC(=O)CNc1ccccc1Cl. The highest BCUT2D eigenvalue weighted by Crippen LogP contribution is 2.23. The van der Waals surface area contributed by atoms with Crippen LogP contribution in [0.3, 0.4) is 0 Å². The number of aryl methyl sites for hydroxylation is 2. The summed E-state index contributed by atoms with van der Waals surface area (Å²) in [4.78, 5) is 12.2. The molecule has 0 unspecified atom stereocenters. The van der Waals surface area contributed by atoms with Gasteiger partial charge in [0.05, 0.1) is 17.3 Å². The van der Waals surface area contributed by atoms with Gasteiger partial charge in [0.2, 0.25) is 5.91 Å². The molecule has 0 aliphatic carbocycles. The Morgan fingerprint density at radius 2 is 1.64 bits per heavy atom. The van der Waals surface area contributed by atoms with E-state index in [4.69, 9.17) is 11.6 Å². The highest BCUT2D eigenvalue weighted by Gasteiger charge is 2.10. The summed E-state index contributed by atoms with van der Waals surface area (Å²) in [6, 6.07) is 13.5. The monoisotopic (exact) mass is 316 g/mol. The molecule has 116 valence electrons. The molecule has 0 radical (unpaired) electrons. The van der Waals surface area contributed by atoms with E-state index >= 15 is 0 Å². The van der Waals surface area contributed by atoms with Crippen molar-refractivity contribution in [3.05, 3.63) is 58.6 Å². The number of benzene rings is 2. The zero-order chi connectivity index (χ0) is 15.9. The van der Waals surface area contributed by atoms with E-state index in [0.717, 1.165) is 35.3 Å². The van der Waals surface area contributed by atoms with Crippen molar-refractivity contribution in [2.75, 3.05) is 17.2 Å². The van der Waals surface area contributed by atoms with Crippen molar-refractivity contribution in [2.45, 2.75) is 26.7 Å². The van der Waals surface area contributed by atoms with Gasteiger partial charge >= 0.3 is 0 Å². The minimum Gasteiger partial charge on any atom is -0.375 e. The highest BCUT2D eigenvalue weighted by atomic mass is 35.5. The Labute approximate surface area is 136 Å². The molecule has 22 heavy (non-hydrogen) atoms. The number of para-hydroxylation sites is 2. The third-order valence-corrected chi connectivity index (χ3v) is 3.91. The lowest BCUT2D eigenvalue weighted by molar-refractivity contribution is -0.114. The summed E-state index contributed by atoms with van der Waals surface area (Å²) >= 11 is 6.07. The molecule has 0 saturated heterocycles. The van der Waals surface area contributed by atoms with Crippen molar-refractivity contribution >= 4 is 28.9 Å². The van der Waals surface area contributed by atoms with E-state index in [9.17, 15) is 4.79 Å². The lowest BCUT2D eigenvalue weighted by Gasteiger charge is -2.15. The van der Waals surface area contributed by atoms with Crippen molar-refractivity contribution in [3.63, 3.8) is 0 Å². The van der Waals surface area contributed by atoms with E-state index in [1.165, 1.54) is 0 Å². The smallest absolute Gasteiger partial charge is 0.243 e. The van der Waals surface area contributed by atoms with Crippen LogP contribution in [0.15, 0.2) is 42.5 Å². The highest BCUT2D eigenvalue weighted by molar-refractivity contribution is 6.33. The lowest BCUT2D eigenvalue weighted by Crippen LogP contribution is -2.23. The molecule has 0 spiro atoms. The predicted molar refractivity (Wildman–Crippen MR) is 93.8 cm³/mol. The second kappa shape index (κ2) is 7.85. The average molecular weight is 317 g/mol. The number of anilines is 2. The van der Waals surface area contributed by atoms with Gasteiger partial charge in [0.15, 0.2) is 0 Å². The standard InChI is InChI=1S/C18H21ClN2O/c1-3-13-8-7-9-14(4-2)18(13)21-17(22)12-20-16-11-6-5-10-15(16)19/h5-11,20H,3-4,12H2,1-2H3,(H,21,22). The van der Waals surface area contributed by atoms with Gasteiger partial charge in [-0.2, -0.15) is 0 Å². The molecule has 0 atom stereocenters. The van der Waals surface area contributed by atoms with E-state index in [-0.39, 0.29) is 12.5 Å². The van der Waals surface area contributed by atoms with Crippen molar-refractivity contribution in [1.29, 1.82) is 0 Å². The summed E-state index contributed by atoms with van der Waals surface area (Å²) in [7, 11) is 0. The molecule has 0 aliphatic rings. The summed E-state index contributed by atoms with van der Waals surface area (Å²) in [5, 5.41) is 6.70. The molecule has 2 aromatic carbocycles. The van der Waals surface area contributed by atoms with E-state index in [0.29, 0.717) is 5.02 Å². The average Bonchev–Trinajstić information content (AvgIpc) is 2.54. The van der Waals surface area contributed by atoms with Gasteiger partial charge < -0.3 is 10.6 Å². The minimum absolute atomic E-state index is 0.0736. The van der Waals surface area contributed by atoms with Crippen molar-refractivity contribution in [1.82, 2.24) is 0 Å². The molecule has 0 bridgehead atoms. The molecule has 1 amide bonds. The fourth-order valence-electron chi connectivity index (χ4n) is 2.37. The largest absolute Gasteiger partial charge is 0.375 e. The molecule has 4 heteroatoms. The zero-order valence-electron chi connectivity index (χ0n) is 12.9. The van der Waals surface area contributed by atoms with Crippen LogP contribution in [-0.4, -0.2) is 12.5 Å². The molecule has 3 nitrogen and oxygen atoms in total. The summed E-state index contributed by atoms with van der Waals surface area (Å²) in [6.45, 7) is 4.36. The van der Waals surface area contributed by atoms with Crippen LogP contribution in [0, 0.1) is 0 Å². The van der Waals surface area contributed by atoms with Crippen molar-refractivity contribution in [3.8, 4) is 0 Å². The van der Waals surface area contributed by atoms with Gasteiger partial charge in [0.25, 0.3) is 0 Å². The third kappa shape index (κ3) is 4.01. The van der Waals surface area contributed by atoms with Crippen LogP contribution in [0.4, 0.5) is 11.4 Å². The second-order valence-corrected chi connectivity index (χ2v) is 5.45. The Kier molecular flexibility index (Phi) is 5.84. The summed E-state index contributed by atoms with van der Waals surface area (Å²) < 4.78 is 0. The molecule has 0 aromatic heterocycles. The number of nitrogens with one attached hydrogen (secondary N) is 2. The first-order valence-electron chi connectivity index (χ1n) is 7.54. The topological polar surface area (TPSA) is 41.1 Å². The van der Waals surface area contributed by atoms with Gasteiger partial charge in [-0.1, -0.05) is 55.8 Å². The van der Waals surface area contributed by atoms with Gasteiger partial charge in [0.1, 0.15) is 0 Å². The third-order valence-electron chi connectivity index (χ3n) is 3.58. The Bertz CT molecular complexity index is 633. The van der Waals surface area contributed by atoms with Gasteiger partial charge in [-0.3, -0.25) is 4.79 Å². The van der Waals surface area contributed by atoms with Gasteiger partial charge in [0, 0.05) is 5.69 Å². The molecule has 0 fully saturated rings. The predicted octanol–water partition coefficient (Wildman–Crippen LogP) is 4.52. The molecule has 0 aliphatic heterocycles. The summed E-state index contributed by atoms with van der Waals surface area (Å²) in [5.41, 5.74) is 4.02. The first-order chi connectivity index (χ1) is 10.7. The molecule has 2 aromatic rings. The molecule has 2 rings (SSSR count). The molecule has 2 N–H and O–H groups in total. The maximum atomic E-state index is 12.2. The first-order valence-corrected chi connectivity index (χ1v) is 7.92. The fraction of sp³-hybridized carbons (Fsp3) is 0.278.